The number of fused-ring (bicyclic) bond motifs is 1. The van der Waals surface area contributed by atoms with E-state index in [1.807, 2.05) is 31.2 Å². The van der Waals surface area contributed by atoms with Crippen LogP contribution in [-0.4, -0.2) is 46.5 Å². The number of aryl methyl sites for hydroxylation is 1. The van der Waals surface area contributed by atoms with Crippen molar-refractivity contribution in [1.29, 1.82) is 0 Å². The van der Waals surface area contributed by atoms with Crippen LogP contribution in [0.1, 0.15) is 37.2 Å². The van der Waals surface area contributed by atoms with Crippen molar-refractivity contribution in [2.45, 2.75) is 37.6 Å². The molecule has 1 aliphatic rings. The van der Waals surface area contributed by atoms with E-state index in [0.29, 0.717) is 25.5 Å². The summed E-state index contributed by atoms with van der Waals surface area (Å²) in [6.45, 7) is 2.69. The van der Waals surface area contributed by atoms with E-state index in [2.05, 4.69) is 20.6 Å². The molecule has 30 heavy (non-hydrogen) atoms. The van der Waals surface area contributed by atoms with Crippen LogP contribution in [0.2, 0.25) is 0 Å². The number of ether oxygens (including phenoxy) is 1. The SMILES string of the molecule is CCNC(=NCCC(O)(c1nccn1C)C(F)(F)F)NC1CCOc2ccccc21. The Kier molecular flexibility index (Phi) is 6.55. The number of hydrogen-bond acceptors (Lipinski definition) is 4. The third-order valence-electron chi connectivity index (χ3n) is 5.02. The summed E-state index contributed by atoms with van der Waals surface area (Å²) in [5.41, 5.74) is -2.12. The van der Waals surface area contributed by atoms with Crippen molar-refractivity contribution in [3.8, 4) is 5.75 Å². The Bertz CT molecular complexity index is 883. The first-order valence-electron chi connectivity index (χ1n) is 9.79. The van der Waals surface area contributed by atoms with E-state index < -0.39 is 24.0 Å². The maximum absolute atomic E-state index is 13.7. The van der Waals surface area contributed by atoms with Gasteiger partial charge in [0.1, 0.15) is 11.6 Å². The highest BCUT2D eigenvalue weighted by atomic mass is 19.4. The van der Waals surface area contributed by atoms with E-state index >= 15 is 0 Å². The lowest BCUT2D eigenvalue weighted by molar-refractivity contribution is -0.272. The smallest absolute Gasteiger partial charge is 0.424 e. The van der Waals surface area contributed by atoms with Crippen molar-refractivity contribution in [2.75, 3.05) is 19.7 Å². The van der Waals surface area contributed by atoms with Crippen molar-refractivity contribution in [1.82, 2.24) is 20.2 Å². The van der Waals surface area contributed by atoms with E-state index in [4.69, 9.17) is 4.74 Å². The molecule has 2 unspecified atom stereocenters. The van der Waals surface area contributed by atoms with Gasteiger partial charge in [-0.15, -0.1) is 0 Å². The van der Waals surface area contributed by atoms with Crippen LogP contribution in [0.15, 0.2) is 41.7 Å². The third kappa shape index (κ3) is 4.53. The van der Waals surface area contributed by atoms with Gasteiger partial charge in [-0.2, -0.15) is 13.2 Å². The summed E-state index contributed by atoms with van der Waals surface area (Å²) in [6, 6.07) is 7.53. The number of hydrogen-bond donors (Lipinski definition) is 3. The van der Waals surface area contributed by atoms with Crippen LogP contribution >= 0.6 is 0 Å². The number of aliphatic hydroxyl groups is 1. The molecule has 0 amide bonds. The van der Waals surface area contributed by atoms with Gasteiger partial charge in [-0.25, -0.2) is 4.98 Å². The van der Waals surface area contributed by atoms with E-state index in [1.54, 1.807) is 0 Å². The minimum absolute atomic E-state index is 0.0798. The van der Waals surface area contributed by atoms with Crippen molar-refractivity contribution in [2.24, 2.45) is 12.0 Å². The van der Waals surface area contributed by atoms with Crippen molar-refractivity contribution < 1.29 is 23.0 Å². The number of aliphatic imine (C=N–C) groups is 1. The Morgan fingerprint density at radius 1 is 1.37 bits per heavy atom. The number of nitrogens with zero attached hydrogens (tertiary/aromatic N) is 3. The van der Waals surface area contributed by atoms with Gasteiger partial charge in [-0.3, -0.25) is 4.99 Å². The lowest BCUT2D eigenvalue weighted by Crippen LogP contribution is -2.45. The predicted molar refractivity (Wildman–Crippen MR) is 106 cm³/mol. The zero-order chi connectivity index (χ0) is 21.8. The van der Waals surface area contributed by atoms with Crippen LogP contribution in [0.25, 0.3) is 0 Å². The molecule has 0 bridgehead atoms. The fourth-order valence-corrected chi connectivity index (χ4v) is 3.45. The molecule has 0 saturated carbocycles. The number of benzene rings is 1. The molecule has 7 nitrogen and oxygen atoms in total. The number of rotatable bonds is 6. The molecule has 0 aliphatic carbocycles. The van der Waals surface area contributed by atoms with Crippen LogP contribution in [0, 0.1) is 0 Å². The molecule has 2 atom stereocenters. The zero-order valence-electron chi connectivity index (χ0n) is 16.9. The first kappa shape index (κ1) is 21.9. The van der Waals surface area contributed by atoms with Crippen LogP contribution in [0.5, 0.6) is 5.75 Å². The Morgan fingerprint density at radius 3 is 2.80 bits per heavy atom. The maximum atomic E-state index is 13.7. The van der Waals surface area contributed by atoms with Gasteiger partial charge >= 0.3 is 6.18 Å². The molecule has 0 spiro atoms. The molecule has 164 valence electrons. The number of imidazole rings is 1. The second kappa shape index (κ2) is 8.95. The topological polar surface area (TPSA) is 83.7 Å². The number of guanidine groups is 1. The Labute approximate surface area is 173 Å². The molecule has 2 heterocycles. The third-order valence-corrected chi connectivity index (χ3v) is 5.02. The van der Waals surface area contributed by atoms with Gasteiger partial charge in [0.2, 0.25) is 5.60 Å². The van der Waals surface area contributed by atoms with Crippen molar-refractivity contribution in [3.63, 3.8) is 0 Å². The number of alkyl halides is 3. The lowest BCUT2D eigenvalue weighted by atomic mass is 9.98. The second-order valence-electron chi connectivity index (χ2n) is 7.10. The first-order valence-corrected chi connectivity index (χ1v) is 9.79. The standard InChI is InChI=1S/C20H26F3N5O2/c1-3-24-18(27-15-8-13-30-16-7-5-4-6-14(15)16)26-10-9-19(29,20(21,22)23)17-25-11-12-28(17)2/h4-7,11-12,15,29H,3,8-10,13H2,1-2H3,(H2,24,26,27). The zero-order valence-corrected chi connectivity index (χ0v) is 16.9. The maximum Gasteiger partial charge on any atom is 0.424 e. The number of halogens is 3. The van der Waals surface area contributed by atoms with E-state index in [-0.39, 0.29) is 12.6 Å². The average molecular weight is 425 g/mol. The quantitative estimate of drug-likeness (QED) is 0.490. The summed E-state index contributed by atoms with van der Waals surface area (Å²) in [7, 11) is 1.41. The normalized spacial score (nSPS) is 18.9. The highest BCUT2D eigenvalue weighted by molar-refractivity contribution is 5.80. The molecular formula is C20H26F3N5O2. The van der Waals surface area contributed by atoms with Gasteiger partial charge in [0.15, 0.2) is 5.96 Å². The van der Waals surface area contributed by atoms with Crippen LogP contribution in [-0.2, 0) is 12.6 Å². The largest absolute Gasteiger partial charge is 0.493 e. The fraction of sp³-hybridized carbons (Fsp3) is 0.500. The average Bonchev–Trinajstić information content (AvgIpc) is 3.14. The summed E-state index contributed by atoms with van der Waals surface area (Å²) in [6.07, 6.45) is -2.25. The summed E-state index contributed by atoms with van der Waals surface area (Å²) < 4.78 is 47.8. The predicted octanol–water partition coefficient (Wildman–Crippen LogP) is 2.64. The summed E-state index contributed by atoms with van der Waals surface area (Å²) >= 11 is 0. The Morgan fingerprint density at radius 2 is 2.13 bits per heavy atom. The summed E-state index contributed by atoms with van der Waals surface area (Å²) in [4.78, 5) is 7.98. The molecule has 1 aromatic heterocycles. The van der Waals surface area contributed by atoms with Crippen LogP contribution in [0.4, 0.5) is 13.2 Å². The summed E-state index contributed by atoms with van der Waals surface area (Å²) in [5, 5.41) is 16.8. The van der Waals surface area contributed by atoms with E-state index in [0.717, 1.165) is 11.3 Å². The van der Waals surface area contributed by atoms with Crippen LogP contribution < -0.4 is 15.4 Å². The van der Waals surface area contributed by atoms with Gasteiger partial charge in [0.05, 0.1) is 12.6 Å². The van der Waals surface area contributed by atoms with Crippen molar-refractivity contribution in [3.05, 3.63) is 48.0 Å². The number of aromatic nitrogens is 2. The number of para-hydroxylation sites is 1. The van der Waals surface area contributed by atoms with Gasteiger partial charge in [-0.05, 0) is 13.0 Å². The van der Waals surface area contributed by atoms with Crippen molar-refractivity contribution >= 4 is 5.96 Å². The van der Waals surface area contributed by atoms with Gasteiger partial charge in [-0.1, -0.05) is 18.2 Å². The minimum Gasteiger partial charge on any atom is -0.493 e. The van der Waals surface area contributed by atoms with Gasteiger partial charge < -0.3 is 25.0 Å². The molecule has 10 heteroatoms. The molecule has 0 radical (unpaired) electrons. The molecule has 1 aromatic carbocycles. The van der Waals surface area contributed by atoms with Gasteiger partial charge in [0.25, 0.3) is 0 Å². The number of nitrogens with one attached hydrogen (secondary N) is 2. The Balaban J connectivity index is 1.76. The van der Waals surface area contributed by atoms with Crippen LogP contribution in [0.3, 0.4) is 0 Å². The monoisotopic (exact) mass is 425 g/mol. The molecule has 1 aliphatic heterocycles. The Hall–Kier alpha value is -2.75. The lowest BCUT2D eigenvalue weighted by Gasteiger charge is -2.30. The molecular weight excluding hydrogens is 399 g/mol. The summed E-state index contributed by atoms with van der Waals surface area (Å²) in [5.74, 6) is 0.698. The fourth-order valence-electron chi connectivity index (χ4n) is 3.45. The molecule has 0 saturated heterocycles. The van der Waals surface area contributed by atoms with Gasteiger partial charge in [0, 0.05) is 50.9 Å². The molecule has 2 aromatic rings. The van der Waals surface area contributed by atoms with E-state index in [1.165, 1.54) is 24.0 Å². The van der Waals surface area contributed by atoms with E-state index in [9.17, 15) is 18.3 Å². The highest BCUT2D eigenvalue weighted by Crippen LogP contribution is 2.40. The highest BCUT2D eigenvalue weighted by Gasteiger charge is 2.57. The minimum atomic E-state index is -4.88. The second-order valence-corrected chi connectivity index (χ2v) is 7.10. The molecule has 3 rings (SSSR count). The first-order chi connectivity index (χ1) is 14.3. The molecule has 0 fully saturated rings. The molecule has 3 N–H and O–H groups in total.